The summed E-state index contributed by atoms with van der Waals surface area (Å²) < 4.78 is 0. The fraction of sp³-hybridized carbons (Fsp3) is 0.0556. The molecule has 0 bridgehead atoms. The van der Waals surface area contributed by atoms with Crippen LogP contribution < -0.4 is 5.73 Å². The molecule has 0 unspecified atom stereocenters. The first-order valence-corrected chi connectivity index (χ1v) is 6.67. The van der Waals surface area contributed by atoms with Crippen LogP contribution in [0.4, 0.5) is 0 Å². The van der Waals surface area contributed by atoms with E-state index in [9.17, 15) is 14.4 Å². The maximum absolute atomic E-state index is 12.1. The summed E-state index contributed by atoms with van der Waals surface area (Å²) in [6.45, 7) is 0. The number of Topliss-reactive ketones (excluding diaryl/α,β-unsaturated/α-hetero) is 2. The zero-order valence-electron chi connectivity index (χ0n) is 11.6. The van der Waals surface area contributed by atoms with Gasteiger partial charge in [-0.1, -0.05) is 36.1 Å². The first kappa shape index (κ1) is 13.8. The Morgan fingerprint density at radius 2 is 1.55 bits per heavy atom. The second kappa shape index (κ2) is 5.30. The van der Waals surface area contributed by atoms with Gasteiger partial charge in [-0.3, -0.25) is 14.4 Å². The molecule has 0 fully saturated rings. The number of amides is 1. The zero-order chi connectivity index (χ0) is 15.7. The minimum Gasteiger partial charge on any atom is -0.369 e. The highest BCUT2D eigenvalue weighted by Gasteiger charge is 2.29. The Morgan fingerprint density at radius 1 is 0.909 bits per heavy atom. The zero-order valence-corrected chi connectivity index (χ0v) is 11.6. The van der Waals surface area contributed by atoms with E-state index in [1.54, 1.807) is 36.4 Å². The summed E-state index contributed by atoms with van der Waals surface area (Å²) in [5.41, 5.74) is 7.90. The third kappa shape index (κ3) is 2.29. The van der Waals surface area contributed by atoms with Crippen LogP contribution in [0, 0.1) is 11.8 Å². The van der Waals surface area contributed by atoms with E-state index in [-0.39, 0.29) is 6.42 Å². The quantitative estimate of drug-likeness (QED) is 0.644. The fourth-order valence-corrected chi connectivity index (χ4v) is 2.44. The number of hydrogen-bond donors (Lipinski definition) is 1. The molecule has 22 heavy (non-hydrogen) atoms. The van der Waals surface area contributed by atoms with E-state index in [1.165, 1.54) is 0 Å². The first-order chi connectivity index (χ1) is 10.6. The van der Waals surface area contributed by atoms with Gasteiger partial charge in [-0.25, -0.2) is 0 Å². The molecule has 3 rings (SSSR count). The van der Waals surface area contributed by atoms with Crippen LogP contribution >= 0.6 is 0 Å². The molecule has 4 heteroatoms. The number of carbonyl (C=O) groups is 3. The van der Waals surface area contributed by atoms with Gasteiger partial charge in [-0.15, -0.1) is 0 Å². The van der Waals surface area contributed by atoms with Gasteiger partial charge < -0.3 is 5.73 Å². The third-order valence-electron chi connectivity index (χ3n) is 3.43. The SMILES string of the molecule is NC(=O)CC#Cc1ccc2c(c1)-c1ccccc1C(=O)C2=O. The van der Waals surface area contributed by atoms with E-state index in [1.807, 2.05) is 6.07 Å². The monoisotopic (exact) mass is 289 g/mol. The second-order valence-electron chi connectivity index (χ2n) is 4.91. The molecule has 106 valence electrons. The van der Waals surface area contributed by atoms with Crippen molar-refractivity contribution in [3.8, 4) is 23.0 Å². The first-order valence-electron chi connectivity index (χ1n) is 6.67. The van der Waals surface area contributed by atoms with E-state index in [0.29, 0.717) is 22.3 Å². The van der Waals surface area contributed by atoms with Crippen molar-refractivity contribution in [3.05, 3.63) is 59.2 Å². The normalized spacial score (nSPS) is 12.0. The topological polar surface area (TPSA) is 77.2 Å². The molecule has 4 nitrogen and oxygen atoms in total. The van der Waals surface area contributed by atoms with Crippen LogP contribution in [0.15, 0.2) is 42.5 Å². The number of rotatable bonds is 1. The summed E-state index contributed by atoms with van der Waals surface area (Å²) in [5, 5.41) is 0. The van der Waals surface area contributed by atoms with Gasteiger partial charge in [0.1, 0.15) is 0 Å². The lowest BCUT2D eigenvalue weighted by atomic mass is 9.83. The average molecular weight is 289 g/mol. The predicted octanol–water partition coefficient (Wildman–Crippen LogP) is 1.96. The molecule has 2 N–H and O–H groups in total. The number of ketones is 2. The molecule has 0 aliphatic heterocycles. The maximum Gasteiger partial charge on any atom is 0.234 e. The summed E-state index contributed by atoms with van der Waals surface area (Å²) >= 11 is 0. The molecule has 0 spiro atoms. The summed E-state index contributed by atoms with van der Waals surface area (Å²) in [7, 11) is 0. The second-order valence-corrected chi connectivity index (χ2v) is 4.91. The van der Waals surface area contributed by atoms with Crippen molar-refractivity contribution < 1.29 is 14.4 Å². The highest BCUT2D eigenvalue weighted by molar-refractivity contribution is 6.53. The molecule has 0 radical (unpaired) electrons. The minimum atomic E-state index is -0.509. The molecular formula is C18H11NO3. The van der Waals surface area contributed by atoms with Crippen molar-refractivity contribution in [2.45, 2.75) is 6.42 Å². The summed E-state index contributed by atoms with van der Waals surface area (Å²) in [6.07, 6.45) is -0.0227. The smallest absolute Gasteiger partial charge is 0.234 e. The van der Waals surface area contributed by atoms with Crippen LogP contribution in [0.1, 0.15) is 32.7 Å². The van der Waals surface area contributed by atoms with Crippen LogP contribution in [-0.4, -0.2) is 17.5 Å². The van der Waals surface area contributed by atoms with Crippen molar-refractivity contribution in [3.63, 3.8) is 0 Å². The van der Waals surface area contributed by atoms with Crippen molar-refractivity contribution in [2.75, 3.05) is 0 Å². The van der Waals surface area contributed by atoms with Crippen LogP contribution in [0.2, 0.25) is 0 Å². The highest BCUT2D eigenvalue weighted by atomic mass is 16.2. The maximum atomic E-state index is 12.1. The van der Waals surface area contributed by atoms with Crippen LogP contribution in [0.5, 0.6) is 0 Å². The molecule has 0 heterocycles. The molecule has 0 saturated carbocycles. The minimum absolute atomic E-state index is 0.0227. The Labute approximate surface area is 126 Å². The van der Waals surface area contributed by atoms with Crippen LogP contribution in [-0.2, 0) is 4.79 Å². The lowest BCUT2D eigenvalue weighted by Gasteiger charge is -2.17. The number of hydrogen-bond acceptors (Lipinski definition) is 3. The van der Waals surface area contributed by atoms with E-state index in [4.69, 9.17) is 5.73 Å². The van der Waals surface area contributed by atoms with E-state index < -0.39 is 17.5 Å². The van der Waals surface area contributed by atoms with Gasteiger partial charge in [0.15, 0.2) is 0 Å². The molecule has 1 amide bonds. The van der Waals surface area contributed by atoms with Crippen molar-refractivity contribution in [2.24, 2.45) is 5.73 Å². The summed E-state index contributed by atoms with van der Waals surface area (Å²) in [5.74, 6) is 4.02. The Morgan fingerprint density at radius 3 is 2.23 bits per heavy atom. The molecule has 0 atom stereocenters. The molecule has 2 aromatic carbocycles. The Hall–Kier alpha value is -3.19. The highest BCUT2D eigenvalue weighted by Crippen LogP contribution is 2.33. The van der Waals surface area contributed by atoms with Crippen molar-refractivity contribution in [1.82, 2.24) is 0 Å². The summed E-state index contributed by atoms with van der Waals surface area (Å²) in [4.78, 5) is 34.9. The lowest BCUT2D eigenvalue weighted by molar-refractivity contribution is -0.117. The van der Waals surface area contributed by atoms with Crippen LogP contribution in [0.25, 0.3) is 11.1 Å². The molecule has 1 aliphatic rings. The Balaban J connectivity index is 2.12. The predicted molar refractivity (Wildman–Crippen MR) is 81.2 cm³/mol. The van der Waals surface area contributed by atoms with Gasteiger partial charge in [0, 0.05) is 16.7 Å². The van der Waals surface area contributed by atoms with E-state index in [2.05, 4.69) is 11.8 Å². The van der Waals surface area contributed by atoms with Gasteiger partial charge in [0.2, 0.25) is 17.5 Å². The Bertz CT molecular complexity index is 885. The van der Waals surface area contributed by atoms with E-state index >= 15 is 0 Å². The molecular weight excluding hydrogens is 278 g/mol. The van der Waals surface area contributed by atoms with Gasteiger partial charge >= 0.3 is 0 Å². The van der Waals surface area contributed by atoms with Gasteiger partial charge in [-0.2, -0.15) is 0 Å². The fourth-order valence-electron chi connectivity index (χ4n) is 2.44. The third-order valence-corrected chi connectivity index (χ3v) is 3.43. The van der Waals surface area contributed by atoms with Crippen molar-refractivity contribution >= 4 is 17.5 Å². The largest absolute Gasteiger partial charge is 0.369 e. The van der Waals surface area contributed by atoms with Crippen molar-refractivity contribution in [1.29, 1.82) is 0 Å². The molecule has 0 aromatic heterocycles. The summed E-state index contributed by atoms with van der Waals surface area (Å²) in [6, 6.07) is 12.0. The van der Waals surface area contributed by atoms with Crippen LogP contribution in [0.3, 0.4) is 0 Å². The molecule has 0 saturated heterocycles. The number of carbonyl (C=O) groups excluding carboxylic acids is 3. The molecule has 2 aromatic rings. The number of primary amides is 1. The molecule has 1 aliphatic carbocycles. The lowest BCUT2D eigenvalue weighted by Crippen LogP contribution is -2.21. The standard InChI is InChI=1S/C18H11NO3/c19-16(20)7-3-4-11-8-9-14-15(10-11)12-5-1-2-6-13(12)17(21)18(14)22/h1-2,5-6,8-10H,7H2,(H2,19,20). The Kier molecular flexibility index (Phi) is 3.32. The number of benzene rings is 2. The number of fused-ring (bicyclic) bond motifs is 3. The number of nitrogens with two attached hydrogens (primary N) is 1. The van der Waals surface area contributed by atoms with Gasteiger partial charge in [0.05, 0.1) is 6.42 Å². The average Bonchev–Trinajstić information content (AvgIpc) is 2.52. The van der Waals surface area contributed by atoms with Gasteiger partial charge in [0.25, 0.3) is 0 Å². The van der Waals surface area contributed by atoms with Gasteiger partial charge in [-0.05, 0) is 29.3 Å². The van der Waals surface area contributed by atoms with E-state index in [0.717, 1.165) is 5.56 Å².